The van der Waals surface area contributed by atoms with E-state index in [0.717, 1.165) is 6.92 Å². The summed E-state index contributed by atoms with van der Waals surface area (Å²) in [6.07, 6.45) is 0.200. The molecule has 0 aliphatic rings. The molecule has 0 unspecified atom stereocenters. The molecule has 4 heteroatoms. The number of halogens is 2. The highest BCUT2D eigenvalue weighted by molar-refractivity contribution is 5.82. The highest BCUT2D eigenvalue weighted by atomic mass is 19.3. The molecule has 1 rings (SSSR count). The lowest BCUT2D eigenvalue weighted by Crippen LogP contribution is -2.15. The first-order chi connectivity index (χ1) is 6.93. The van der Waals surface area contributed by atoms with E-state index < -0.39 is 5.92 Å². The number of carbonyl (C=O) groups excluding carboxylic acids is 1. The standard InChI is InChI=1S/C11H13F2NO/c1-11(12,13)9-4-2-8(3-5-9)6-10(15)7-14/h2-5H,6-7,14H2,1H3. The van der Waals surface area contributed by atoms with Gasteiger partial charge in [-0.1, -0.05) is 24.3 Å². The van der Waals surface area contributed by atoms with Crippen molar-refractivity contribution >= 4 is 5.78 Å². The van der Waals surface area contributed by atoms with E-state index in [9.17, 15) is 13.6 Å². The second-order valence-electron chi connectivity index (χ2n) is 3.50. The van der Waals surface area contributed by atoms with Crippen molar-refractivity contribution in [1.82, 2.24) is 0 Å². The molecule has 0 saturated carbocycles. The maximum Gasteiger partial charge on any atom is 0.270 e. The van der Waals surface area contributed by atoms with Gasteiger partial charge >= 0.3 is 0 Å². The smallest absolute Gasteiger partial charge is 0.270 e. The molecule has 0 spiro atoms. The Morgan fingerprint density at radius 1 is 1.33 bits per heavy atom. The monoisotopic (exact) mass is 213 g/mol. The molecule has 15 heavy (non-hydrogen) atoms. The molecule has 2 N–H and O–H groups in total. The van der Waals surface area contributed by atoms with Gasteiger partial charge in [0.15, 0.2) is 5.78 Å². The number of carbonyl (C=O) groups is 1. The van der Waals surface area contributed by atoms with Crippen molar-refractivity contribution in [3.05, 3.63) is 35.4 Å². The molecule has 0 fully saturated rings. The van der Waals surface area contributed by atoms with Gasteiger partial charge in [0.05, 0.1) is 6.54 Å². The first kappa shape index (κ1) is 11.8. The summed E-state index contributed by atoms with van der Waals surface area (Å²) in [7, 11) is 0. The SMILES string of the molecule is CC(F)(F)c1ccc(CC(=O)CN)cc1. The third kappa shape index (κ3) is 3.40. The first-order valence-corrected chi connectivity index (χ1v) is 4.62. The minimum Gasteiger partial charge on any atom is -0.324 e. The second kappa shape index (κ2) is 4.49. The van der Waals surface area contributed by atoms with E-state index in [1.54, 1.807) is 0 Å². The average molecular weight is 213 g/mol. The van der Waals surface area contributed by atoms with Gasteiger partial charge in [-0.3, -0.25) is 4.79 Å². The number of ketones is 1. The van der Waals surface area contributed by atoms with E-state index in [1.165, 1.54) is 24.3 Å². The van der Waals surface area contributed by atoms with Crippen molar-refractivity contribution in [3.8, 4) is 0 Å². The van der Waals surface area contributed by atoms with E-state index in [1.807, 2.05) is 0 Å². The van der Waals surface area contributed by atoms with Gasteiger partial charge in [-0.15, -0.1) is 0 Å². The van der Waals surface area contributed by atoms with Gasteiger partial charge in [0, 0.05) is 18.9 Å². The average Bonchev–Trinajstić information content (AvgIpc) is 2.17. The highest BCUT2D eigenvalue weighted by Crippen LogP contribution is 2.26. The fourth-order valence-electron chi connectivity index (χ4n) is 1.22. The zero-order valence-electron chi connectivity index (χ0n) is 8.47. The van der Waals surface area contributed by atoms with Crippen molar-refractivity contribution < 1.29 is 13.6 Å². The zero-order chi connectivity index (χ0) is 11.5. The largest absolute Gasteiger partial charge is 0.324 e. The maximum atomic E-state index is 12.8. The molecule has 0 atom stereocenters. The number of hydrogen-bond donors (Lipinski definition) is 1. The minimum absolute atomic E-state index is 0.0221. The van der Waals surface area contributed by atoms with Crippen LogP contribution in [0.15, 0.2) is 24.3 Å². The summed E-state index contributed by atoms with van der Waals surface area (Å²) in [5.41, 5.74) is 5.81. The lowest BCUT2D eigenvalue weighted by Gasteiger charge is -2.10. The van der Waals surface area contributed by atoms with Crippen molar-refractivity contribution in [3.63, 3.8) is 0 Å². The summed E-state index contributed by atoms with van der Waals surface area (Å²) in [4.78, 5) is 11.0. The third-order valence-corrected chi connectivity index (χ3v) is 2.09. The van der Waals surface area contributed by atoms with Gasteiger partial charge in [-0.05, 0) is 5.56 Å². The Hall–Kier alpha value is -1.29. The van der Waals surface area contributed by atoms with Gasteiger partial charge in [0.2, 0.25) is 0 Å². The van der Waals surface area contributed by atoms with Crippen LogP contribution in [0.2, 0.25) is 0 Å². The van der Waals surface area contributed by atoms with E-state index >= 15 is 0 Å². The Balaban J connectivity index is 2.77. The number of alkyl halides is 2. The number of rotatable bonds is 4. The molecule has 0 aliphatic carbocycles. The first-order valence-electron chi connectivity index (χ1n) is 4.62. The van der Waals surface area contributed by atoms with Crippen molar-refractivity contribution in [1.29, 1.82) is 0 Å². The van der Waals surface area contributed by atoms with Gasteiger partial charge in [0.1, 0.15) is 0 Å². The molecule has 0 bridgehead atoms. The molecule has 0 saturated heterocycles. The van der Waals surface area contributed by atoms with Crippen LogP contribution in [0.4, 0.5) is 8.78 Å². The molecule has 0 radical (unpaired) electrons. The molecular formula is C11H13F2NO. The lowest BCUT2D eigenvalue weighted by atomic mass is 10.0. The second-order valence-corrected chi connectivity index (χ2v) is 3.50. The van der Waals surface area contributed by atoms with Gasteiger partial charge in [0.25, 0.3) is 5.92 Å². The maximum absolute atomic E-state index is 12.8. The Labute approximate surface area is 87.1 Å². The Morgan fingerprint density at radius 2 is 1.87 bits per heavy atom. The minimum atomic E-state index is -2.84. The lowest BCUT2D eigenvalue weighted by molar-refractivity contribution is -0.117. The predicted molar refractivity (Wildman–Crippen MR) is 53.8 cm³/mol. The zero-order valence-corrected chi connectivity index (χ0v) is 8.47. The van der Waals surface area contributed by atoms with Crippen LogP contribution in [0.5, 0.6) is 0 Å². The van der Waals surface area contributed by atoms with E-state index in [4.69, 9.17) is 5.73 Å². The molecule has 0 aliphatic heterocycles. The summed E-state index contributed by atoms with van der Waals surface area (Å²) < 4.78 is 25.7. The number of nitrogens with two attached hydrogens (primary N) is 1. The van der Waals surface area contributed by atoms with Crippen LogP contribution >= 0.6 is 0 Å². The molecule has 0 amide bonds. The molecule has 1 aromatic carbocycles. The Morgan fingerprint density at radius 3 is 2.27 bits per heavy atom. The number of benzene rings is 1. The fraction of sp³-hybridized carbons (Fsp3) is 0.364. The Kier molecular flexibility index (Phi) is 3.52. The van der Waals surface area contributed by atoms with Crippen LogP contribution in [0.1, 0.15) is 18.1 Å². The van der Waals surface area contributed by atoms with Crippen LogP contribution in [0, 0.1) is 0 Å². The fourth-order valence-corrected chi connectivity index (χ4v) is 1.22. The molecule has 0 heterocycles. The third-order valence-electron chi connectivity index (χ3n) is 2.09. The molecular weight excluding hydrogens is 200 g/mol. The van der Waals surface area contributed by atoms with Crippen molar-refractivity contribution in [2.75, 3.05) is 6.54 Å². The van der Waals surface area contributed by atoms with Gasteiger partial charge < -0.3 is 5.73 Å². The molecule has 0 aromatic heterocycles. The molecule has 1 aromatic rings. The highest BCUT2D eigenvalue weighted by Gasteiger charge is 2.23. The van der Waals surface area contributed by atoms with E-state index in [2.05, 4.69) is 0 Å². The quantitative estimate of drug-likeness (QED) is 0.829. The van der Waals surface area contributed by atoms with E-state index in [-0.39, 0.29) is 24.3 Å². The number of Topliss-reactive ketones (excluding diaryl/α,β-unsaturated/α-hetero) is 1. The van der Waals surface area contributed by atoms with Crippen LogP contribution in [-0.4, -0.2) is 12.3 Å². The van der Waals surface area contributed by atoms with Crippen LogP contribution < -0.4 is 5.73 Å². The van der Waals surface area contributed by atoms with Gasteiger partial charge in [-0.2, -0.15) is 0 Å². The normalized spacial score (nSPS) is 11.5. The number of hydrogen-bond acceptors (Lipinski definition) is 2. The molecule has 2 nitrogen and oxygen atoms in total. The summed E-state index contributed by atoms with van der Waals surface area (Å²) in [6, 6.07) is 5.72. The van der Waals surface area contributed by atoms with Gasteiger partial charge in [-0.25, -0.2) is 8.78 Å². The van der Waals surface area contributed by atoms with Crippen LogP contribution in [0.25, 0.3) is 0 Å². The Bertz CT molecular complexity index is 341. The van der Waals surface area contributed by atoms with Crippen molar-refractivity contribution in [2.45, 2.75) is 19.3 Å². The summed E-state index contributed by atoms with van der Waals surface area (Å²) in [5.74, 6) is -2.94. The van der Waals surface area contributed by atoms with Crippen LogP contribution in [-0.2, 0) is 17.1 Å². The topological polar surface area (TPSA) is 43.1 Å². The summed E-state index contributed by atoms with van der Waals surface area (Å²) >= 11 is 0. The van der Waals surface area contributed by atoms with E-state index in [0.29, 0.717) is 5.56 Å². The summed E-state index contributed by atoms with van der Waals surface area (Å²) in [5, 5.41) is 0. The molecule has 82 valence electrons. The van der Waals surface area contributed by atoms with Crippen molar-refractivity contribution in [2.24, 2.45) is 5.73 Å². The predicted octanol–water partition coefficient (Wildman–Crippen LogP) is 1.87. The van der Waals surface area contributed by atoms with Crippen LogP contribution in [0.3, 0.4) is 0 Å². The summed E-state index contributed by atoms with van der Waals surface area (Å²) in [6.45, 7) is 0.818.